The SMILES string of the molecule is O=S(=O)(c1ccc2nnn(OCc3ccc(Cl)cc3)c2c1)N1CCOCC1. The highest BCUT2D eigenvalue weighted by atomic mass is 35.5. The number of ether oxygens (including phenoxy) is 1. The zero-order valence-corrected chi connectivity index (χ0v) is 15.9. The van der Waals surface area contributed by atoms with Gasteiger partial charge >= 0.3 is 0 Å². The molecule has 1 fully saturated rings. The summed E-state index contributed by atoms with van der Waals surface area (Å²) in [5, 5.41) is 8.61. The highest BCUT2D eigenvalue weighted by molar-refractivity contribution is 7.89. The molecule has 27 heavy (non-hydrogen) atoms. The molecule has 1 aliphatic heterocycles. The molecule has 0 unspecified atom stereocenters. The minimum Gasteiger partial charge on any atom is -0.390 e. The lowest BCUT2D eigenvalue weighted by atomic mass is 10.2. The van der Waals surface area contributed by atoms with Gasteiger partial charge in [-0.05, 0) is 41.1 Å². The number of halogens is 1. The van der Waals surface area contributed by atoms with E-state index in [0.29, 0.717) is 42.4 Å². The molecule has 142 valence electrons. The lowest BCUT2D eigenvalue weighted by Crippen LogP contribution is -2.40. The van der Waals surface area contributed by atoms with Crippen molar-refractivity contribution in [3.05, 3.63) is 53.1 Å². The molecule has 0 aliphatic carbocycles. The molecule has 10 heteroatoms. The maximum Gasteiger partial charge on any atom is 0.243 e. The van der Waals surface area contributed by atoms with Crippen molar-refractivity contribution in [3.63, 3.8) is 0 Å². The van der Waals surface area contributed by atoms with E-state index >= 15 is 0 Å². The van der Waals surface area contributed by atoms with Crippen LogP contribution in [0.15, 0.2) is 47.4 Å². The smallest absolute Gasteiger partial charge is 0.243 e. The van der Waals surface area contributed by atoms with Crippen molar-refractivity contribution in [2.75, 3.05) is 26.3 Å². The van der Waals surface area contributed by atoms with Gasteiger partial charge in [-0.1, -0.05) is 28.6 Å². The second-order valence-electron chi connectivity index (χ2n) is 6.03. The predicted molar refractivity (Wildman–Crippen MR) is 98.8 cm³/mol. The number of benzene rings is 2. The molecule has 1 aromatic heterocycles. The van der Waals surface area contributed by atoms with Crippen LogP contribution in [0.4, 0.5) is 0 Å². The topological polar surface area (TPSA) is 86.5 Å². The van der Waals surface area contributed by atoms with Crippen LogP contribution in [0.1, 0.15) is 5.56 Å². The number of hydrogen-bond acceptors (Lipinski definition) is 6. The minimum atomic E-state index is -3.61. The van der Waals surface area contributed by atoms with E-state index < -0.39 is 10.0 Å². The first-order chi connectivity index (χ1) is 13.0. The van der Waals surface area contributed by atoms with Gasteiger partial charge in [-0.25, -0.2) is 8.42 Å². The van der Waals surface area contributed by atoms with Crippen molar-refractivity contribution in [2.45, 2.75) is 11.5 Å². The Morgan fingerprint density at radius 2 is 1.85 bits per heavy atom. The Hall–Kier alpha value is -2.20. The maximum atomic E-state index is 12.8. The number of hydrogen-bond donors (Lipinski definition) is 0. The molecule has 0 amide bonds. The molecule has 2 heterocycles. The van der Waals surface area contributed by atoms with Gasteiger partial charge in [0, 0.05) is 18.1 Å². The number of morpholine rings is 1. The minimum absolute atomic E-state index is 0.176. The van der Waals surface area contributed by atoms with Gasteiger partial charge in [-0.3, -0.25) is 0 Å². The Balaban J connectivity index is 1.60. The second-order valence-corrected chi connectivity index (χ2v) is 8.40. The molecule has 0 spiro atoms. The summed E-state index contributed by atoms with van der Waals surface area (Å²) in [5.74, 6) is 0. The molecule has 0 bridgehead atoms. The summed E-state index contributed by atoms with van der Waals surface area (Å²) in [6.07, 6.45) is 0. The number of fused-ring (bicyclic) bond motifs is 1. The van der Waals surface area contributed by atoms with E-state index in [2.05, 4.69) is 10.3 Å². The molecule has 8 nitrogen and oxygen atoms in total. The van der Waals surface area contributed by atoms with Crippen LogP contribution >= 0.6 is 11.6 Å². The zero-order valence-electron chi connectivity index (χ0n) is 14.3. The number of rotatable bonds is 5. The van der Waals surface area contributed by atoms with Gasteiger partial charge in [-0.15, -0.1) is 5.10 Å². The molecule has 2 aromatic carbocycles. The van der Waals surface area contributed by atoms with Gasteiger partial charge in [0.15, 0.2) is 0 Å². The third-order valence-electron chi connectivity index (χ3n) is 4.26. The lowest BCUT2D eigenvalue weighted by molar-refractivity contribution is 0.0729. The monoisotopic (exact) mass is 408 g/mol. The molecule has 0 saturated carbocycles. The van der Waals surface area contributed by atoms with E-state index in [9.17, 15) is 8.42 Å². The third-order valence-corrected chi connectivity index (χ3v) is 6.41. The van der Waals surface area contributed by atoms with Crippen LogP contribution in [-0.4, -0.2) is 54.2 Å². The van der Waals surface area contributed by atoms with Crippen LogP contribution in [0.2, 0.25) is 5.02 Å². The van der Waals surface area contributed by atoms with Gasteiger partial charge < -0.3 is 9.57 Å². The Morgan fingerprint density at radius 3 is 2.59 bits per heavy atom. The molecule has 0 N–H and O–H groups in total. The quantitative estimate of drug-likeness (QED) is 0.639. The van der Waals surface area contributed by atoms with E-state index in [-0.39, 0.29) is 11.5 Å². The maximum absolute atomic E-state index is 12.8. The second kappa shape index (κ2) is 7.43. The van der Waals surface area contributed by atoms with Crippen LogP contribution in [-0.2, 0) is 21.4 Å². The molecule has 0 atom stereocenters. The third kappa shape index (κ3) is 3.77. The van der Waals surface area contributed by atoms with Gasteiger partial charge in [0.2, 0.25) is 10.0 Å². The van der Waals surface area contributed by atoms with E-state index in [1.165, 1.54) is 21.3 Å². The number of nitrogens with zero attached hydrogens (tertiary/aromatic N) is 4. The average Bonchev–Trinajstić information content (AvgIpc) is 3.10. The Labute approximate surface area is 161 Å². The fourth-order valence-corrected chi connectivity index (χ4v) is 4.34. The lowest BCUT2D eigenvalue weighted by Gasteiger charge is -2.26. The van der Waals surface area contributed by atoms with E-state index in [0.717, 1.165) is 5.56 Å². The largest absolute Gasteiger partial charge is 0.390 e. The fourth-order valence-electron chi connectivity index (χ4n) is 2.79. The highest BCUT2D eigenvalue weighted by Gasteiger charge is 2.27. The Bertz CT molecular complexity index is 1050. The van der Waals surface area contributed by atoms with Crippen LogP contribution in [0.25, 0.3) is 11.0 Å². The van der Waals surface area contributed by atoms with Crippen LogP contribution in [0, 0.1) is 0 Å². The first-order valence-corrected chi connectivity index (χ1v) is 10.2. The molecule has 1 saturated heterocycles. The highest BCUT2D eigenvalue weighted by Crippen LogP contribution is 2.21. The average molecular weight is 409 g/mol. The van der Waals surface area contributed by atoms with E-state index in [1.807, 2.05) is 12.1 Å². The summed E-state index contributed by atoms with van der Waals surface area (Å²) in [6, 6.07) is 11.9. The fraction of sp³-hybridized carbons (Fsp3) is 0.294. The summed E-state index contributed by atoms with van der Waals surface area (Å²) < 4.78 is 32.3. The molecular weight excluding hydrogens is 392 g/mol. The molecular formula is C17H17ClN4O4S. The van der Waals surface area contributed by atoms with Gasteiger partial charge in [0.05, 0.1) is 18.1 Å². The van der Waals surface area contributed by atoms with Crippen molar-refractivity contribution < 1.29 is 18.0 Å². The van der Waals surface area contributed by atoms with Crippen molar-refractivity contribution in [2.24, 2.45) is 0 Å². The number of aromatic nitrogens is 3. The van der Waals surface area contributed by atoms with Crippen LogP contribution in [0.3, 0.4) is 0 Å². The standard InChI is InChI=1S/C17H17ClN4O4S/c18-14-3-1-13(2-4-14)12-26-22-17-11-15(5-6-16(17)19-20-22)27(23,24)21-7-9-25-10-8-21/h1-6,11H,7-10,12H2. The van der Waals surface area contributed by atoms with Gasteiger partial charge in [0.1, 0.15) is 17.6 Å². The van der Waals surface area contributed by atoms with Crippen molar-refractivity contribution in [1.29, 1.82) is 0 Å². The Kier molecular flexibility index (Phi) is 5.00. The summed E-state index contributed by atoms with van der Waals surface area (Å²) in [6.45, 7) is 1.71. The molecule has 0 radical (unpaired) electrons. The summed E-state index contributed by atoms with van der Waals surface area (Å²) >= 11 is 5.88. The normalized spacial score (nSPS) is 15.9. The van der Waals surface area contributed by atoms with Crippen LogP contribution < -0.4 is 4.84 Å². The summed E-state index contributed by atoms with van der Waals surface area (Å²) in [5.41, 5.74) is 1.94. The molecule has 3 aromatic rings. The molecule has 1 aliphatic rings. The summed E-state index contributed by atoms with van der Waals surface area (Å²) in [7, 11) is -3.61. The van der Waals surface area contributed by atoms with Crippen molar-refractivity contribution >= 4 is 32.7 Å². The van der Waals surface area contributed by atoms with Gasteiger partial charge in [0.25, 0.3) is 0 Å². The van der Waals surface area contributed by atoms with E-state index in [4.69, 9.17) is 21.2 Å². The zero-order chi connectivity index (χ0) is 18.9. The van der Waals surface area contributed by atoms with Crippen molar-refractivity contribution in [1.82, 2.24) is 19.5 Å². The Morgan fingerprint density at radius 1 is 1.11 bits per heavy atom. The first kappa shape index (κ1) is 18.2. The van der Waals surface area contributed by atoms with Crippen molar-refractivity contribution in [3.8, 4) is 0 Å². The number of sulfonamides is 1. The first-order valence-electron chi connectivity index (χ1n) is 8.35. The van der Waals surface area contributed by atoms with Gasteiger partial charge in [-0.2, -0.15) is 4.31 Å². The predicted octanol–water partition coefficient (Wildman–Crippen LogP) is 1.73. The summed E-state index contributed by atoms with van der Waals surface area (Å²) in [4.78, 5) is 7.08. The van der Waals surface area contributed by atoms with E-state index in [1.54, 1.807) is 18.2 Å². The van der Waals surface area contributed by atoms with Crippen LogP contribution in [0.5, 0.6) is 0 Å². The molecule has 4 rings (SSSR count).